The highest BCUT2D eigenvalue weighted by molar-refractivity contribution is 5.27. The highest BCUT2D eigenvalue weighted by Gasteiger charge is 2.31. The maximum atomic E-state index is 4.42. The molecule has 1 saturated carbocycles. The van der Waals surface area contributed by atoms with Crippen LogP contribution in [0.2, 0.25) is 0 Å². The third-order valence-corrected chi connectivity index (χ3v) is 4.27. The highest BCUT2D eigenvalue weighted by Crippen LogP contribution is 2.38. The molecule has 1 aromatic carbocycles. The Hall–Kier alpha value is -1.67. The van der Waals surface area contributed by atoms with Gasteiger partial charge in [0, 0.05) is 18.3 Å². The van der Waals surface area contributed by atoms with Gasteiger partial charge in [-0.25, -0.2) is 0 Å². The summed E-state index contributed by atoms with van der Waals surface area (Å²) in [4.78, 5) is 4.42. The number of aryl methyl sites for hydroxylation is 1. The Morgan fingerprint density at radius 3 is 2.70 bits per heavy atom. The summed E-state index contributed by atoms with van der Waals surface area (Å²) in [6, 6.07) is 16.0. The number of nitrogens with one attached hydrogen (secondary N) is 1. The van der Waals surface area contributed by atoms with Crippen LogP contribution in [-0.2, 0) is 0 Å². The van der Waals surface area contributed by atoms with E-state index in [-0.39, 0.29) is 0 Å². The van der Waals surface area contributed by atoms with E-state index in [1.807, 2.05) is 12.3 Å². The minimum atomic E-state index is 0.333. The van der Waals surface area contributed by atoms with Gasteiger partial charge in [-0.3, -0.25) is 4.98 Å². The van der Waals surface area contributed by atoms with Crippen molar-refractivity contribution >= 4 is 0 Å². The molecule has 20 heavy (non-hydrogen) atoms. The number of aromatic nitrogens is 1. The minimum absolute atomic E-state index is 0.333. The minimum Gasteiger partial charge on any atom is -0.306 e. The summed E-state index contributed by atoms with van der Waals surface area (Å²) in [6.07, 6.45) is 4.34. The predicted octanol–water partition coefficient (Wildman–Crippen LogP) is 3.99. The van der Waals surface area contributed by atoms with Gasteiger partial charge in [0.15, 0.2) is 0 Å². The van der Waals surface area contributed by atoms with Crippen molar-refractivity contribution in [3.8, 4) is 0 Å². The average Bonchev–Trinajstić information content (AvgIpc) is 2.43. The van der Waals surface area contributed by atoms with E-state index in [4.69, 9.17) is 0 Å². The number of hydrogen-bond donors (Lipinski definition) is 1. The molecule has 1 aliphatic rings. The van der Waals surface area contributed by atoms with Crippen molar-refractivity contribution in [3.63, 3.8) is 0 Å². The van der Waals surface area contributed by atoms with Crippen LogP contribution in [0, 0.1) is 6.92 Å². The molecule has 0 spiro atoms. The summed E-state index contributed by atoms with van der Waals surface area (Å²) in [7, 11) is 0. The zero-order chi connectivity index (χ0) is 13.9. The number of nitrogens with zero attached hydrogens (tertiary/aromatic N) is 1. The van der Waals surface area contributed by atoms with Crippen molar-refractivity contribution in [2.24, 2.45) is 0 Å². The largest absolute Gasteiger partial charge is 0.306 e. The maximum Gasteiger partial charge on any atom is 0.0570 e. The topological polar surface area (TPSA) is 24.9 Å². The lowest BCUT2D eigenvalue weighted by Gasteiger charge is -2.38. The van der Waals surface area contributed by atoms with Gasteiger partial charge in [-0.05, 0) is 50.3 Å². The molecule has 104 valence electrons. The van der Waals surface area contributed by atoms with Crippen LogP contribution in [-0.4, -0.2) is 11.0 Å². The van der Waals surface area contributed by atoms with Crippen molar-refractivity contribution in [2.75, 3.05) is 0 Å². The molecule has 3 rings (SSSR count). The second-order valence-electron chi connectivity index (χ2n) is 5.92. The molecule has 1 aliphatic carbocycles. The van der Waals surface area contributed by atoms with Crippen LogP contribution < -0.4 is 5.32 Å². The van der Waals surface area contributed by atoms with Gasteiger partial charge in [0.25, 0.3) is 0 Å². The van der Waals surface area contributed by atoms with Gasteiger partial charge in [-0.2, -0.15) is 0 Å². The summed E-state index contributed by atoms with van der Waals surface area (Å²) in [5.41, 5.74) is 3.99. The number of hydrogen-bond acceptors (Lipinski definition) is 2. The van der Waals surface area contributed by atoms with Crippen LogP contribution in [0.3, 0.4) is 0 Å². The molecule has 1 heterocycles. The maximum absolute atomic E-state index is 4.42. The molecular weight excluding hydrogens is 244 g/mol. The zero-order valence-corrected chi connectivity index (χ0v) is 12.2. The summed E-state index contributed by atoms with van der Waals surface area (Å²) in [5.74, 6) is 0.725. The highest BCUT2D eigenvalue weighted by atomic mass is 15.0. The molecule has 2 heteroatoms. The molecule has 0 amide bonds. The Balaban J connectivity index is 1.54. The van der Waals surface area contributed by atoms with Crippen LogP contribution in [0.5, 0.6) is 0 Å². The van der Waals surface area contributed by atoms with E-state index in [1.54, 1.807) is 0 Å². The summed E-state index contributed by atoms with van der Waals surface area (Å²) < 4.78 is 0. The second-order valence-corrected chi connectivity index (χ2v) is 5.92. The van der Waals surface area contributed by atoms with Crippen molar-refractivity contribution in [2.45, 2.75) is 44.7 Å². The lowest BCUT2D eigenvalue weighted by atomic mass is 9.75. The Morgan fingerprint density at radius 1 is 1.15 bits per heavy atom. The number of benzene rings is 1. The molecule has 2 nitrogen and oxygen atoms in total. The van der Waals surface area contributed by atoms with E-state index in [9.17, 15) is 0 Å². The molecule has 1 fully saturated rings. The second kappa shape index (κ2) is 5.76. The Kier molecular flexibility index (Phi) is 3.83. The van der Waals surface area contributed by atoms with Crippen molar-refractivity contribution in [1.29, 1.82) is 0 Å². The van der Waals surface area contributed by atoms with Gasteiger partial charge in [-0.1, -0.05) is 35.9 Å². The first kappa shape index (κ1) is 13.3. The summed E-state index contributed by atoms with van der Waals surface area (Å²) >= 11 is 0. The fourth-order valence-corrected chi connectivity index (χ4v) is 3.02. The number of pyridine rings is 1. The third-order valence-electron chi connectivity index (χ3n) is 4.27. The van der Waals surface area contributed by atoms with Crippen molar-refractivity contribution in [3.05, 3.63) is 65.5 Å². The first-order valence-corrected chi connectivity index (χ1v) is 7.46. The molecule has 1 N–H and O–H groups in total. The monoisotopic (exact) mass is 266 g/mol. The molecule has 0 bridgehead atoms. The van der Waals surface area contributed by atoms with Gasteiger partial charge < -0.3 is 5.32 Å². The van der Waals surface area contributed by atoms with E-state index in [1.165, 1.54) is 24.0 Å². The van der Waals surface area contributed by atoms with Gasteiger partial charge in [0.2, 0.25) is 0 Å². The third kappa shape index (κ3) is 2.91. The van der Waals surface area contributed by atoms with Gasteiger partial charge in [-0.15, -0.1) is 0 Å². The van der Waals surface area contributed by atoms with Gasteiger partial charge >= 0.3 is 0 Å². The molecule has 0 unspecified atom stereocenters. The fourth-order valence-electron chi connectivity index (χ4n) is 3.02. The standard InChI is InChI=1S/C18H22N2/c1-13-6-5-7-15(10-13)16-11-17(12-16)20-14(2)18-8-3-4-9-19-18/h3-10,14,16-17,20H,11-12H2,1-2H3/t14-,16?,17?/m1/s1. The molecule has 1 aromatic heterocycles. The molecule has 2 aromatic rings. The summed E-state index contributed by atoms with van der Waals surface area (Å²) in [5, 5.41) is 3.68. The van der Waals surface area contributed by atoms with Crippen LogP contribution in [0.15, 0.2) is 48.7 Å². The Bertz CT molecular complexity index is 559. The van der Waals surface area contributed by atoms with Crippen LogP contribution in [0.1, 0.15) is 48.5 Å². The Labute approximate surface area is 121 Å². The van der Waals surface area contributed by atoms with E-state index in [0.717, 1.165) is 11.6 Å². The molecule has 0 aliphatic heterocycles. The normalized spacial score (nSPS) is 23.1. The first-order valence-electron chi connectivity index (χ1n) is 7.46. The van der Waals surface area contributed by atoms with Crippen molar-refractivity contribution < 1.29 is 0 Å². The van der Waals surface area contributed by atoms with Crippen LogP contribution in [0.25, 0.3) is 0 Å². The first-order chi connectivity index (χ1) is 9.72. The van der Waals surface area contributed by atoms with Gasteiger partial charge in [0.05, 0.1) is 5.69 Å². The predicted molar refractivity (Wildman–Crippen MR) is 82.7 cm³/mol. The van der Waals surface area contributed by atoms with E-state index >= 15 is 0 Å². The van der Waals surface area contributed by atoms with E-state index in [2.05, 4.69) is 60.5 Å². The van der Waals surface area contributed by atoms with E-state index in [0.29, 0.717) is 12.1 Å². The SMILES string of the molecule is Cc1cccc(C2CC(N[C@H](C)c3ccccn3)C2)c1. The van der Waals surface area contributed by atoms with Crippen molar-refractivity contribution in [1.82, 2.24) is 10.3 Å². The van der Waals surface area contributed by atoms with Crippen LogP contribution >= 0.6 is 0 Å². The zero-order valence-electron chi connectivity index (χ0n) is 12.2. The lowest BCUT2D eigenvalue weighted by Crippen LogP contribution is -2.41. The molecule has 0 saturated heterocycles. The summed E-state index contributed by atoms with van der Waals surface area (Å²) in [6.45, 7) is 4.36. The quantitative estimate of drug-likeness (QED) is 0.905. The Morgan fingerprint density at radius 2 is 2.00 bits per heavy atom. The smallest absolute Gasteiger partial charge is 0.0570 e. The lowest BCUT2D eigenvalue weighted by molar-refractivity contribution is 0.269. The molecule has 0 radical (unpaired) electrons. The van der Waals surface area contributed by atoms with Crippen LogP contribution in [0.4, 0.5) is 0 Å². The average molecular weight is 266 g/mol. The van der Waals surface area contributed by atoms with Gasteiger partial charge in [0.1, 0.15) is 0 Å². The fraction of sp³-hybridized carbons (Fsp3) is 0.389. The number of rotatable bonds is 4. The molecule has 1 atom stereocenters. The molecular formula is C18H22N2. The van der Waals surface area contributed by atoms with E-state index < -0.39 is 0 Å².